The van der Waals surface area contributed by atoms with Crippen LogP contribution in [0.15, 0.2) is 218 Å². The Morgan fingerprint density at radius 2 is 0.651 bits per heavy atom. The van der Waals surface area contributed by atoms with Crippen LogP contribution in [0.3, 0.4) is 0 Å². The molecule has 0 aliphatic carbocycles. The summed E-state index contributed by atoms with van der Waals surface area (Å²) in [5, 5.41) is 15.4. The molecule has 0 aliphatic rings. The van der Waals surface area contributed by atoms with E-state index in [0.717, 1.165) is 5.69 Å². The lowest BCUT2D eigenvalue weighted by molar-refractivity contribution is 1.18. The van der Waals surface area contributed by atoms with Crippen LogP contribution >= 0.6 is 11.3 Å². The van der Waals surface area contributed by atoms with Gasteiger partial charge in [0.05, 0.1) is 22.1 Å². The maximum absolute atomic E-state index is 2.44. The molecule has 0 N–H and O–H groups in total. The van der Waals surface area contributed by atoms with E-state index in [2.05, 4.69) is 228 Å². The van der Waals surface area contributed by atoms with Crippen molar-refractivity contribution in [3.8, 4) is 33.6 Å². The Morgan fingerprint density at radius 3 is 1.37 bits per heavy atom. The predicted molar refractivity (Wildman–Crippen MR) is 271 cm³/mol. The van der Waals surface area contributed by atoms with Crippen molar-refractivity contribution in [3.63, 3.8) is 0 Å². The number of aromatic nitrogens is 2. The molecule has 3 aromatic heterocycles. The second-order valence-corrected chi connectivity index (χ2v) is 17.9. The lowest BCUT2D eigenvalue weighted by Gasteiger charge is -2.13. The number of benzene rings is 11. The van der Waals surface area contributed by atoms with Gasteiger partial charge in [0.2, 0.25) is 0 Å². The highest BCUT2D eigenvalue weighted by Gasteiger charge is 2.18. The van der Waals surface area contributed by atoms with E-state index < -0.39 is 0 Å². The van der Waals surface area contributed by atoms with Crippen LogP contribution in [0.4, 0.5) is 0 Å². The number of para-hydroxylation sites is 2. The van der Waals surface area contributed by atoms with E-state index >= 15 is 0 Å². The third kappa shape index (κ3) is 5.12. The summed E-state index contributed by atoms with van der Waals surface area (Å²) in [6, 6.07) is 81.0. The average molecular weight is 817 g/mol. The van der Waals surface area contributed by atoms with Crippen molar-refractivity contribution in [1.82, 2.24) is 9.13 Å². The molecule has 14 rings (SSSR count). The minimum absolute atomic E-state index is 1.15. The van der Waals surface area contributed by atoms with Crippen molar-refractivity contribution in [2.75, 3.05) is 0 Å². The maximum atomic E-state index is 2.44. The first kappa shape index (κ1) is 34.7. The molecule has 0 bridgehead atoms. The second-order valence-electron chi connectivity index (χ2n) is 16.8. The van der Waals surface area contributed by atoms with E-state index in [1.165, 1.54) is 124 Å². The van der Waals surface area contributed by atoms with Crippen molar-refractivity contribution in [1.29, 1.82) is 0 Å². The monoisotopic (exact) mass is 816 g/mol. The average Bonchev–Trinajstić information content (AvgIpc) is 4.01. The van der Waals surface area contributed by atoms with E-state index in [4.69, 9.17) is 0 Å². The Kier molecular flexibility index (Phi) is 7.30. The van der Waals surface area contributed by atoms with Crippen LogP contribution in [0.25, 0.3) is 130 Å². The predicted octanol–water partition coefficient (Wildman–Crippen LogP) is 17.0. The summed E-state index contributed by atoms with van der Waals surface area (Å²) in [5.74, 6) is 0. The lowest BCUT2D eigenvalue weighted by Crippen LogP contribution is -1.94. The van der Waals surface area contributed by atoms with Crippen molar-refractivity contribution in [3.05, 3.63) is 218 Å². The van der Waals surface area contributed by atoms with Crippen molar-refractivity contribution in [2.45, 2.75) is 0 Å². The fourth-order valence-electron chi connectivity index (χ4n) is 10.6. The number of nitrogens with zero attached hydrogens (tertiary/aromatic N) is 2. The summed E-state index contributed by atoms with van der Waals surface area (Å²) in [6.45, 7) is 0. The number of fused-ring (bicyclic) bond motifs is 15. The molecule has 0 aliphatic heterocycles. The molecule has 0 unspecified atom stereocenters. The first-order valence-electron chi connectivity index (χ1n) is 21.7. The van der Waals surface area contributed by atoms with Gasteiger partial charge in [0.25, 0.3) is 0 Å². The lowest BCUT2D eigenvalue weighted by atomic mass is 9.92. The molecule has 14 aromatic rings. The summed E-state index contributed by atoms with van der Waals surface area (Å²) in [5.41, 5.74) is 12.0. The van der Waals surface area contributed by atoms with Crippen molar-refractivity contribution < 1.29 is 0 Å². The van der Waals surface area contributed by atoms with Crippen LogP contribution in [-0.2, 0) is 0 Å². The zero-order valence-electron chi connectivity index (χ0n) is 34.1. The molecule has 3 heteroatoms. The quantitative estimate of drug-likeness (QED) is 0.157. The van der Waals surface area contributed by atoms with E-state index in [1.54, 1.807) is 0 Å². The smallest absolute Gasteiger partial charge is 0.0547 e. The molecule has 63 heavy (non-hydrogen) atoms. The summed E-state index contributed by atoms with van der Waals surface area (Å²) in [4.78, 5) is 0. The molecule has 0 saturated carbocycles. The van der Waals surface area contributed by atoms with Gasteiger partial charge in [-0.2, -0.15) is 0 Å². The third-order valence-electron chi connectivity index (χ3n) is 13.5. The van der Waals surface area contributed by atoms with Gasteiger partial charge in [0.15, 0.2) is 0 Å². The molecule has 0 saturated heterocycles. The normalized spacial score (nSPS) is 12.1. The standard InChI is InChI=1S/C60H36N2S/c1-2-13-45-43(11-1)44-12-3-4-14-46(44)52-33-38(23-29-47(45)52)37-21-26-41(27-22-37)61-55-18-8-5-15-48(55)50-30-24-40(35-58(50)61)39-25-31-57-53(34-39)49-16-6-9-19-56(49)62(57)42-28-32-60-54(36-42)51-17-7-10-20-59(51)63-60/h1-36H. The van der Waals surface area contributed by atoms with Crippen LogP contribution in [0.5, 0.6) is 0 Å². The van der Waals surface area contributed by atoms with Gasteiger partial charge in [0.1, 0.15) is 0 Å². The molecule has 2 nitrogen and oxygen atoms in total. The van der Waals surface area contributed by atoms with Crippen LogP contribution in [-0.4, -0.2) is 9.13 Å². The molecule has 0 fully saturated rings. The zero-order valence-corrected chi connectivity index (χ0v) is 34.9. The van der Waals surface area contributed by atoms with Crippen molar-refractivity contribution in [2.24, 2.45) is 0 Å². The first-order chi connectivity index (χ1) is 31.2. The minimum Gasteiger partial charge on any atom is -0.309 e. The Morgan fingerprint density at radius 1 is 0.222 bits per heavy atom. The number of thiophene rings is 1. The second kappa shape index (κ2) is 13.3. The Balaban J connectivity index is 0.889. The van der Waals surface area contributed by atoms with Gasteiger partial charge < -0.3 is 9.13 Å². The van der Waals surface area contributed by atoms with Crippen molar-refractivity contribution >= 4 is 107 Å². The topological polar surface area (TPSA) is 9.86 Å². The largest absolute Gasteiger partial charge is 0.309 e. The third-order valence-corrected chi connectivity index (χ3v) is 14.7. The Bertz CT molecular complexity index is 4160. The van der Waals surface area contributed by atoms with Crippen LogP contribution < -0.4 is 0 Å². The van der Waals surface area contributed by atoms with Gasteiger partial charge in [-0.05, 0) is 127 Å². The van der Waals surface area contributed by atoms with E-state index in [1.807, 2.05) is 11.3 Å². The SMILES string of the molecule is c1ccc2c(c1)sc1ccc(-n3c4ccccc4c4cc(-c5ccc6c7ccccc7n(-c7ccc(-c8ccc9c%10ccccc%10c%10ccccc%10c9c8)cc7)c6c5)ccc43)cc12. The molecule has 0 radical (unpaired) electrons. The molecule has 0 atom stereocenters. The molecule has 3 heterocycles. The number of hydrogen-bond acceptors (Lipinski definition) is 1. The van der Waals surface area contributed by atoms with E-state index in [0.29, 0.717) is 0 Å². The van der Waals surface area contributed by atoms with Gasteiger partial charge in [0, 0.05) is 53.1 Å². The highest BCUT2D eigenvalue weighted by atomic mass is 32.1. The Labute approximate surface area is 366 Å². The molecular formula is C60H36N2S. The summed E-state index contributed by atoms with van der Waals surface area (Å²) < 4.78 is 7.52. The zero-order chi connectivity index (χ0) is 41.2. The maximum Gasteiger partial charge on any atom is 0.0547 e. The van der Waals surface area contributed by atoms with Gasteiger partial charge in [-0.25, -0.2) is 0 Å². The van der Waals surface area contributed by atoms with Crippen LogP contribution in [0.2, 0.25) is 0 Å². The number of hydrogen-bond donors (Lipinski definition) is 0. The van der Waals surface area contributed by atoms with Gasteiger partial charge in [-0.15, -0.1) is 11.3 Å². The van der Waals surface area contributed by atoms with Gasteiger partial charge in [-0.1, -0.05) is 146 Å². The van der Waals surface area contributed by atoms with Crippen LogP contribution in [0, 0.1) is 0 Å². The highest BCUT2D eigenvalue weighted by molar-refractivity contribution is 7.25. The summed E-state index contributed by atoms with van der Waals surface area (Å²) in [7, 11) is 0. The molecular weight excluding hydrogens is 781 g/mol. The molecule has 11 aromatic carbocycles. The minimum atomic E-state index is 1.15. The van der Waals surface area contributed by atoms with E-state index in [9.17, 15) is 0 Å². The molecule has 0 amide bonds. The Hall–Kier alpha value is -7.98. The number of rotatable bonds is 4. The fraction of sp³-hybridized carbons (Fsp3) is 0. The summed E-state index contributed by atoms with van der Waals surface area (Å²) in [6.07, 6.45) is 0. The van der Waals surface area contributed by atoms with Gasteiger partial charge >= 0.3 is 0 Å². The highest BCUT2D eigenvalue weighted by Crippen LogP contribution is 2.42. The van der Waals surface area contributed by atoms with Crippen LogP contribution in [0.1, 0.15) is 0 Å². The molecule has 292 valence electrons. The molecule has 0 spiro atoms. The fourth-order valence-corrected chi connectivity index (χ4v) is 11.7. The van der Waals surface area contributed by atoms with Gasteiger partial charge in [-0.3, -0.25) is 0 Å². The first-order valence-corrected chi connectivity index (χ1v) is 22.5. The van der Waals surface area contributed by atoms with E-state index in [-0.39, 0.29) is 0 Å². The summed E-state index contributed by atoms with van der Waals surface area (Å²) >= 11 is 1.86.